The zero-order valence-electron chi connectivity index (χ0n) is 32.5. The van der Waals surface area contributed by atoms with E-state index in [1.165, 1.54) is 7.11 Å². The number of nitrogens with zero attached hydrogens (tertiary/aromatic N) is 2. The first-order chi connectivity index (χ1) is 28.1. The summed E-state index contributed by atoms with van der Waals surface area (Å²) in [6.07, 6.45) is 6.09. The summed E-state index contributed by atoms with van der Waals surface area (Å²) in [7, 11) is 1.32. The Morgan fingerprint density at radius 2 is 1.81 bits per heavy atom. The highest BCUT2D eigenvalue weighted by Crippen LogP contribution is 2.61. The van der Waals surface area contributed by atoms with Crippen LogP contribution in [0.5, 0.6) is 5.75 Å². The van der Waals surface area contributed by atoms with Crippen LogP contribution in [0.15, 0.2) is 81.8 Å². The Hall–Kier alpha value is -6.14. The van der Waals surface area contributed by atoms with Crippen molar-refractivity contribution in [1.29, 1.82) is 0 Å². The van der Waals surface area contributed by atoms with Gasteiger partial charge in [-0.25, -0.2) is 9.78 Å². The Labute approximate surface area is 334 Å². The number of aliphatic hydroxyl groups is 1. The van der Waals surface area contributed by atoms with Crippen LogP contribution in [0.25, 0.3) is 44.9 Å². The van der Waals surface area contributed by atoms with Gasteiger partial charge in [-0.15, -0.1) is 0 Å². The van der Waals surface area contributed by atoms with Crippen LogP contribution in [0, 0.1) is 11.8 Å². The number of anilines is 1. The number of fused-ring (bicyclic) bond motifs is 7. The molecule has 4 N–H and O–H groups in total. The molecule has 0 radical (unpaired) electrons. The molecule has 1 spiro atoms. The van der Waals surface area contributed by atoms with Crippen molar-refractivity contribution in [2.24, 2.45) is 11.8 Å². The monoisotopic (exact) mass is 777 g/mol. The molecule has 12 heteroatoms. The number of methoxy groups -OCH3 is 1. The molecular formula is C46H43N5O7. The predicted octanol–water partition coefficient (Wildman–Crippen LogP) is 8.35. The van der Waals surface area contributed by atoms with E-state index in [0.717, 1.165) is 63.7 Å². The fraction of sp³-hybridized carbons (Fsp3) is 0.348. The van der Waals surface area contributed by atoms with Crippen LogP contribution in [-0.4, -0.2) is 50.9 Å². The minimum Gasteiger partial charge on any atom is -0.469 e. The van der Waals surface area contributed by atoms with E-state index in [0.29, 0.717) is 48.3 Å². The van der Waals surface area contributed by atoms with E-state index in [2.05, 4.69) is 52.5 Å². The quantitative estimate of drug-likeness (QED) is 0.0988. The number of para-hydroxylation sites is 1. The van der Waals surface area contributed by atoms with Crippen LogP contribution < -0.4 is 15.4 Å². The maximum absolute atomic E-state index is 14.6. The molecule has 7 heterocycles. The standard InChI is InChI=1S/C46H43N5O7/c1-22(2)34-41-50-37-39(58-41)46-29-12-8-11-27(26-10-9-13-31-33(26)28(21-47-31)38-36(43(53)55-4)49-42(37)57-38)35(29)51-44(46)56-32-15-14-24(20-30(32)46)19-25(40(52)48-34)18-23(3)45(54)16-6-5-7-17-45/h8-15,20-22,25,34,44,47,51,54H,3,5-7,16-19H2,1-2,4H3,(H,48,52)/t25-,34-,44-,46?/m0/s1. The third-order valence-corrected chi connectivity index (χ3v) is 13.2. The molecule has 0 saturated heterocycles. The summed E-state index contributed by atoms with van der Waals surface area (Å²) >= 11 is 0. The van der Waals surface area contributed by atoms with Gasteiger partial charge in [-0.1, -0.05) is 82.2 Å². The van der Waals surface area contributed by atoms with Gasteiger partial charge in [-0.3, -0.25) is 4.79 Å². The molecule has 1 fully saturated rings. The largest absolute Gasteiger partial charge is 0.469 e. The van der Waals surface area contributed by atoms with Gasteiger partial charge in [-0.05, 0) is 60.4 Å². The Bertz CT molecular complexity index is 2730. The molecule has 4 atom stereocenters. The van der Waals surface area contributed by atoms with Gasteiger partial charge >= 0.3 is 5.97 Å². The number of carbonyl (C=O) groups is 2. The minimum atomic E-state index is -1.12. The van der Waals surface area contributed by atoms with Gasteiger partial charge in [0.05, 0.1) is 12.7 Å². The minimum absolute atomic E-state index is 0.00431. The molecule has 4 aliphatic heterocycles. The fourth-order valence-corrected chi connectivity index (χ4v) is 10.3. The third kappa shape index (κ3) is 4.78. The highest BCUT2D eigenvalue weighted by atomic mass is 16.5. The van der Waals surface area contributed by atoms with Crippen molar-refractivity contribution in [3.05, 3.63) is 107 Å². The fourth-order valence-electron chi connectivity index (χ4n) is 10.3. The second-order valence-electron chi connectivity index (χ2n) is 16.9. The third-order valence-electron chi connectivity index (χ3n) is 13.2. The second kappa shape index (κ2) is 12.4. The average molecular weight is 778 g/mol. The molecule has 5 aliphatic rings. The maximum atomic E-state index is 14.6. The van der Waals surface area contributed by atoms with Crippen molar-refractivity contribution in [3.8, 4) is 39.8 Å². The first-order valence-electron chi connectivity index (χ1n) is 20.2. The number of rotatable bonds is 5. The summed E-state index contributed by atoms with van der Waals surface area (Å²) in [5.41, 5.74) is 5.72. The number of esters is 1. The smallest absolute Gasteiger partial charge is 0.360 e. The Morgan fingerprint density at radius 3 is 2.62 bits per heavy atom. The van der Waals surface area contributed by atoms with E-state index in [4.69, 9.17) is 28.3 Å². The summed E-state index contributed by atoms with van der Waals surface area (Å²) in [6.45, 7) is 8.40. The number of ether oxygens (including phenoxy) is 2. The lowest BCUT2D eigenvalue weighted by Crippen LogP contribution is -2.41. The average Bonchev–Trinajstić information content (AvgIpc) is 4.05. The summed E-state index contributed by atoms with van der Waals surface area (Å²) in [5.74, 6) is 0.0796. The van der Waals surface area contributed by atoms with Crippen LogP contribution in [-0.2, 0) is 21.4 Å². The Balaban J connectivity index is 1.20. The highest BCUT2D eigenvalue weighted by molar-refractivity contribution is 6.10. The first kappa shape index (κ1) is 35.1. The van der Waals surface area contributed by atoms with E-state index in [-0.39, 0.29) is 40.8 Å². The number of carbonyl (C=O) groups excluding carboxylic acids is 2. The van der Waals surface area contributed by atoms with Crippen LogP contribution in [0.2, 0.25) is 0 Å². The SMILES string of the molecule is C=C(C[C@H]1Cc2ccc3c(c2)C24c5cccc(c5N[C@H]2O3)-c2cccc3[nH]cc(c23)-c2oc(nc2C(=O)OC)-c2nc(oc24)[C@H](C(C)C)NC1=O)C1(O)CCCCC1. The van der Waals surface area contributed by atoms with Crippen LogP contribution in [0.4, 0.5) is 5.69 Å². The van der Waals surface area contributed by atoms with Crippen molar-refractivity contribution in [2.45, 2.75) is 82.1 Å². The molecule has 1 aliphatic carbocycles. The topological polar surface area (TPSA) is 165 Å². The molecule has 10 bridgehead atoms. The molecule has 294 valence electrons. The lowest BCUT2D eigenvalue weighted by Gasteiger charge is -2.35. The zero-order chi connectivity index (χ0) is 39.7. The summed E-state index contributed by atoms with van der Waals surface area (Å²) in [5, 5.41) is 19.7. The van der Waals surface area contributed by atoms with Crippen LogP contribution >= 0.6 is 0 Å². The van der Waals surface area contributed by atoms with Crippen LogP contribution in [0.3, 0.4) is 0 Å². The number of nitrogens with one attached hydrogen (secondary N) is 3. The number of H-pyrrole nitrogens is 1. The normalized spacial score (nSPS) is 23.3. The molecule has 6 aromatic rings. The molecule has 11 rings (SSSR count). The number of hydrogen-bond donors (Lipinski definition) is 4. The molecule has 1 unspecified atom stereocenters. The Kier molecular flexibility index (Phi) is 7.51. The van der Waals surface area contributed by atoms with E-state index >= 15 is 0 Å². The Morgan fingerprint density at radius 1 is 1.00 bits per heavy atom. The van der Waals surface area contributed by atoms with E-state index in [1.807, 2.05) is 44.3 Å². The molecule has 3 aromatic carbocycles. The van der Waals surface area contributed by atoms with Crippen molar-refractivity contribution in [3.63, 3.8) is 0 Å². The van der Waals surface area contributed by atoms with E-state index in [1.54, 1.807) is 0 Å². The van der Waals surface area contributed by atoms with Crippen LogP contribution in [0.1, 0.15) is 97.2 Å². The summed E-state index contributed by atoms with van der Waals surface area (Å²) in [6, 6.07) is 17.7. The molecule has 58 heavy (non-hydrogen) atoms. The number of amides is 1. The number of benzene rings is 3. The first-order valence-corrected chi connectivity index (χ1v) is 20.2. The molecule has 3 aromatic heterocycles. The van der Waals surface area contributed by atoms with Crippen molar-refractivity contribution < 1.29 is 33.0 Å². The van der Waals surface area contributed by atoms with Gasteiger partial charge in [0.25, 0.3) is 0 Å². The van der Waals surface area contributed by atoms with Gasteiger partial charge in [0, 0.05) is 51.0 Å². The maximum Gasteiger partial charge on any atom is 0.360 e. The van der Waals surface area contributed by atoms with Gasteiger partial charge in [-0.2, -0.15) is 4.98 Å². The molecular weight excluding hydrogens is 735 g/mol. The predicted molar refractivity (Wildman–Crippen MR) is 215 cm³/mol. The molecule has 1 saturated carbocycles. The highest BCUT2D eigenvalue weighted by Gasteiger charge is 2.62. The molecule has 1 amide bonds. The summed E-state index contributed by atoms with van der Waals surface area (Å²) < 4.78 is 26.0. The lowest BCUT2D eigenvalue weighted by atomic mass is 9.71. The number of aromatic amines is 1. The van der Waals surface area contributed by atoms with Gasteiger partial charge in [0.15, 0.2) is 29.1 Å². The van der Waals surface area contributed by atoms with Crippen molar-refractivity contribution in [1.82, 2.24) is 20.3 Å². The van der Waals surface area contributed by atoms with Crippen molar-refractivity contribution in [2.75, 3.05) is 12.4 Å². The van der Waals surface area contributed by atoms with Gasteiger partial charge in [0.1, 0.15) is 17.2 Å². The molecule has 12 nitrogen and oxygen atoms in total. The summed E-state index contributed by atoms with van der Waals surface area (Å²) in [4.78, 5) is 41.6. The second-order valence-corrected chi connectivity index (χ2v) is 16.9. The number of oxazole rings is 2. The van der Waals surface area contributed by atoms with E-state index in [9.17, 15) is 14.7 Å². The van der Waals surface area contributed by atoms with E-state index < -0.39 is 35.2 Å². The van der Waals surface area contributed by atoms with Crippen molar-refractivity contribution >= 4 is 28.5 Å². The number of hydrogen-bond acceptors (Lipinski definition) is 10. The zero-order valence-corrected chi connectivity index (χ0v) is 32.5. The van der Waals surface area contributed by atoms with Gasteiger partial charge < -0.3 is 39.0 Å². The number of aromatic nitrogens is 3. The van der Waals surface area contributed by atoms with Gasteiger partial charge in [0.2, 0.25) is 17.7 Å². The lowest BCUT2D eigenvalue weighted by molar-refractivity contribution is -0.126.